The van der Waals surface area contributed by atoms with E-state index in [2.05, 4.69) is 16.0 Å². The molecule has 7 heteroatoms. The highest BCUT2D eigenvalue weighted by atomic mass is 16.2. The molecule has 1 aliphatic heterocycles. The first-order chi connectivity index (χ1) is 15.0. The number of carbonyl (C=O) groups is 3. The zero-order valence-corrected chi connectivity index (χ0v) is 17.6. The maximum Gasteiger partial charge on any atom is 0.319 e. The van der Waals surface area contributed by atoms with E-state index in [0.29, 0.717) is 43.9 Å². The van der Waals surface area contributed by atoms with E-state index in [1.165, 1.54) is 0 Å². The van der Waals surface area contributed by atoms with Crippen molar-refractivity contribution in [3.8, 4) is 0 Å². The number of likely N-dealkylation sites (tertiary alicyclic amines) is 1. The first-order valence-corrected chi connectivity index (χ1v) is 10.5. The van der Waals surface area contributed by atoms with Crippen LogP contribution in [0.1, 0.15) is 25.3 Å². The molecule has 0 aromatic heterocycles. The van der Waals surface area contributed by atoms with Crippen LogP contribution in [-0.2, 0) is 9.59 Å². The fraction of sp³-hybridized carbons (Fsp3) is 0.292. The van der Waals surface area contributed by atoms with Gasteiger partial charge in [0, 0.05) is 43.0 Å². The number of rotatable bonds is 6. The Kier molecular flexibility index (Phi) is 7.81. The van der Waals surface area contributed by atoms with E-state index in [4.69, 9.17) is 0 Å². The molecule has 162 valence electrons. The van der Waals surface area contributed by atoms with Crippen molar-refractivity contribution in [1.29, 1.82) is 0 Å². The maximum absolute atomic E-state index is 12.7. The summed E-state index contributed by atoms with van der Waals surface area (Å²) in [5.41, 5.74) is 2.21. The second kappa shape index (κ2) is 11.0. The number of carbonyl (C=O) groups excluding carboxylic acids is 3. The zero-order chi connectivity index (χ0) is 22.1. The molecule has 0 radical (unpaired) electrons. The lowest BCUT2D eigenvalue weighted by atomic mass is 9.95. The molecule has 0 atom stereocenters. The number of hydrogen-bond donors (Lipinski definition) is 3. The van der Waals surface area contributed by atoms with E-state index in [-0.39, 0.29) is 23.8 Å². The standard InChI is InChI=1S/C24H28N4O3/c1-2-25-24(31)27-21-10-6-9-20(17-21)26-23(30)19-13-15-28(16-14-19)22(29)12-11-18-7-4-3-5-8-18/h3-12,17,19H,2,13-16H2,1H3,(H,26,30)(H2,25,27,31)/b12-11+. The molecule has 3 N–H and O–H groups in total. The minimum absolute atomic E-state index is 0.0353. The largest absolute Gasteiger partial charge is 0.339 e. The lowest BCUT2D eigenvalue weighted by molar-refractivity contribution is -0.130. The summed E-state index contributed by atoms with van der Waals surface area (Å²) >= 11 is 0. The number of hydrogen-bond acceptors (Lipinski definition) is 3. The molecular weight excluding hydrogens is 392 g/mol. The van der Waals surface area contributed by atoms with Gasteiger partial charge in [-0.1, -0.05) is 36.4 Å². The molecular formula is C24H28N4O3. The van der Waals surface area contributed by atoms with Gasteiger partial charge in [0.2, 0.25) is 11.8 Å². The topological polar surface area (TPSA) is 90.5 Å². The van der Waals surface area contributed by atoms with Crippen molar-refractivity contribution in [3.05, 3.63) is 66.2 Å². The SMILES string of the molecule is CCNC(=O)Nc1cccc(NC(=O)C2CCN(C(=O)/C=C/c3ccccc3)CC2)c1. The van der Waals surface area contributed by atoms with Gasteiger partial charge in [0.25, 0.3) is 0 Å². The number of anilines is 2. The lowest BCUT2D eigenvalue weighted by Crippen LogP contribution is -2.40. The van der Waals surface area contributed by atoms with Crippen LogP contribution in [0.25, 0.3) is 6.08 Å². The smallest absolute Gasteiger partial charge is 0.319 e. The summed E-state index contributed by atoms with van der Waals surface area (Å²) in [6.45, 7) is 3.48. The molecule has 0 bridgehead atoms. The summed E-state index contributed by atoms with van der Waals surface area (Å²) in [6, 6.07) is 16.4. The normalized spacial score (nSPS) is 14.3. The van der Waals surface area contributed by atoms with Crippen molar-refractivity contribution in [2.24, 2.45) is 5.92 Å². The van der Waals surface area contributed by atoms with Crippen LogP contribution in [0.4, 0.5) is 16.2 Å². The third kappa shape index (κ3) is 6.70. The van der Waals surface area contributed by atoms with E-state index in [0.717, 1.165) is 5.56 Å². The van der Waals surface area contributed by atoms with Gasteiger partial charge in [-0.15, -0.1) is 0 Å². The van der Waals surface area contributed by atoms with Crippen LogP contribution in [0.3, 0.4) is 0 Å². The first-order valence-electron chi connectivity index (χ1n) is 10.5. The van der Waals surface area contributed by atoms with Gasteiger partial charge in [0.1, 0.15) is 0 Å². The van der Waals surface area contributed by atoms with Gasteiger partial charge in [-0.2, -0.15) is 0 Å². The molecule has 1 saturated heterocycles. The fourth-order valence-electron chi connectivity index (χ4n) is 3.45. The lowest BCUT2D eigenvalue weighted by Gasteiger charge is -2.30. The Morgan fingerprint density at radius 3 is 2.32 bits per heavy atom. The summed E-state index contributed by atoms with van der Waals surface area (Å²) in [6.07, 6.45) is 4.63. The molecule has 1 fully saturated rings. The average molecular weight is 421 g/mol. The maximum atomic E-state index is 12.7. The minimum Gasteiger partial charge on any atom is -0.339 e. The number of piperidine rings is 1. The predicted octanol–water partition coefficient (Wildman–Crippen LogP) is 3.72. The first kappa shape index (κ1) is 22.1. The fourth-order valence-corrected chi connectivity index (χ4v) is 3.45. The van der Waals surface area contributed by atoms with Gasteiger partial charge in [0.15, 0.2) is 0 Å². The average Bonchev–Trinajstić information content (AvgIpc) is 2.78. The minimum atomic E-state index is -0.288. The summed E-state index contributed by atoms with van der Waals surface area (Å²) in [7, 11) is 0. The summed E-state index contributed by atoms with van der Waals surface area (Å²) < 4.78 is 0. The molecule has 0 spiro atoms. The van der Waals surface area contributed by atoms with E-state index in [9.17, 15) is 14.4 Å². The van der Waals surface area contributed by atoms with Crippen LogP contribution >= 0.6 is 0 Å². The summed E-state index contributed by atoms with van der Waals surface area (Å²) in [5, 5.41) is 8.31. The highest BCUT2D eigenvalue weighted by molar-refractivity contribution is 5.95. The number of nitrogens with one attached hydrogen (secondary N) is 3. The highest BCUT2D eigenvalue weighted by Gasteiger charge is 2.26. The van der Waals surface area contributed by atoms with Crippen LogP contribution < -0.4 is 16.0 Å². The molecule has 31 heavy (non-hydrogen) atoms. The van der Waals surface area contributed by atoms with Crippen LogP contribution in [0, 0.1) is 5.92 Å². The molecule has 1 heterocycles. The molecule has 7 nitrogen and oxygen atoms in total. The van der Waals surface area contributed by atoms with E-state index < -0.39 is 0 Å². The molecule has 2 aromatic rings. The number of amides is 4. The molecule has 1 aliphatic rings. The highest BCUT2D eigenvalue weighted by Crippen LogP contribution is 2.21. The molecule has 3 rings (SSSR count). The molecule has 0 unspecified atom stereocenters. The Hall–Kier alpha value is -3.61. The van der Waals surface area contributed by atoms with Gasteiger partial charge in [0.05, 0.1) is 0 Å². The molecule has 4 amide bonds. The number of benzene rings is 2. The van der Waals surface area contributed by atoms with Crippen molar-refractivity contribution in [2.45, 2.75) is 19.8 Å². The zero-order valence-electron chi connectivity index (χ0n) is 17.6. The number of nitrogens with zero attached hydrogens (tertiary/aromatic N) is 1. The van der Waals surface area contributed by atoms with Gasteiger partial charge in [-0.3, -0.25) is 9.59 Å². The van der Waals surface area contributed by atoms with E-state index in [1.807, 2.05) is 43.3 Å². The van der Waals surface area contributed by atoms with Crippen LogP contribution in [-0.4, -0.2) is 42.4 Å². The van der Waals surface area contributed by atoms with Crippen molar-refractivity contribution < 1.29 is 14.4 Å². The van der Waals surface area contributed by atoms with Crippen molar-refractivity contribution in [3.63, 3.8) is 0 Å². The second-order valence-corrected chi connectivity index (χ2v) is 7.40. The Morgan fingerprint density at radius 2 is 1.65 bits per heavy atom. The van der Waals surface area contributed by atoms with E-state index >= 15 is 0 Å². The Labute approximate surface area is 182 Å². The second-order valence-electron chi connectivity index (χ2n) is 7.40. The summed E-state index contributed by atoms with van der Waals surface area (Å²) in [5.74, 6) is -0.254. The van der Waals surface area contributed by atoms with Crippen molar-refractivity contribution in [2.75, 3.05) is 30.3 Å². The quantitative estimate of drug-likeness (QED) is 0.622. The van der Waals surface area contributed by atoms with E-state index in [1.54, 1.807) is 35.2 Å². The predicted molar refractivity (Wildman–Crippen MR) is 123 cm³/mol. The van der Waals surface area contributed by atoms with Crippen molar-refractivity contribution in [1.82, 2.24) is 10.2 Å². The third-order valence-electron chi connectivity index (χ3n) is 5.12. The van der Waals surface area contributed by atoms with Crippen LogP contribution in [0.2, 0.25) is 0 Å². The third-order valence-corrected chi connectivity index (χ3v) is 5.12. The number of urea groups is 1. The van der Waals surface area contributed by atoms with Crippen LogP contribution in [0.15, 0.2) is 60.7 Å². The molecule has 2 aromatic carbocycles. The Morgan fingerprint density at radius 1 is 0.968 bits per heavy atom. The van der Waals surface area contributed by atoms with Gasteiger partial charge < -0.3 is 20.9 Å². The Bertz CT molecular complexity index is 935. The molecule has 0 aliphatic carbocycles. The van der Waals surface area contributed by atoms with Gasteiger partial charge in [-0.05, 0) is 49.6 Å². The van der Waals surface area contributed by atoms with Gasteiger partial charge >= 0.3 is 6.03 Å². The van der Waals surface area contributed by atoms with Crippen molar-refractivity contribution >= 4 is 35.3 Å². The van der Waals surface area contributed by atoms with Gasteiger partial charge in [-0.25, -0.2) is 4.79 Å². The van der Waals surface area contributed by atoms with Crippen LogP contribution in [0.5, 0.6) is 0 Å². The summed E-state index contributed by atoms with van der Waals surface area (Å²) in [4.78, 5) is 38.5. The molecule has 0 saturated carbocycles. The monoisotopic (exact) mass is 420 g/mol. The Balaban J connectivity index is 1.48.